The fourth-order valence-corrected chi connectivity index (χ4v) is 2.98. The molecule has 1 saturated heterocycles. The molecule has 0 aromatic carbocycles. The summed E-state index contributed by atoms with van der Waals surface area (Å²) in [6.45, 7) is 9.56. The van der Waals surface area contributed by atoms with Gasteiger partial charge in [0, 0.05) is 26.2 Å². The van der Waals surface area contributed by atoms with Gasteiger partial charge < -0.3 is 19.3 Å². The minimum atomic E-state index is -0.527. The van der Waals surface area contributed by atoms with Crippen LogP contribution in [0.3, 0.4) is 0 Å². The molecular formula is C17H26N4O4. The molecule has 0 bridgehead atoms. The second-order valence-electron chi connectivity index (χ2n) is 7.40. The van der Waals surface area contributed by atoms with E-state index in [1.54, 1.807) is 15.9 Å². The number of hydrogen-bond acceptors (Lipinski definition) is 5. The van der Waals surface area contributed by atoms with Crippen molar-refractivity contribution < 1.29 is 19.1 Å². The summed E-state index contributed by atoms with van der Waals surface area (Å²) in [4.78, 5) is 28.4. The Hall–Kier alpha value is -2.09. The monoisotopic (exact) mass is 350 g/mol. The first kappa shape index (κ1) is 17.7. The number of amides is 2. The Morgan fingerprint density at radius 3 is 2.52 bits per heavy atom. The van der Waals surface area contributed by atoms with Gasteiger partial charge in [0.05, 0.1) is 25.5 Å². The average Bonchev–Trinajstić information content (AvgIpc) is 2.85. The van der Waals surface area contributed by atoms with Gasteiger partial charge in [-0.15, -0.1) is 0 Å². The number of nitrogens with zero attached hydrogens (tertiary/aromatic N) is 4. The van der Waals surface area contributed by atoms with E-state index in [2.05, 4.69) is 5.10 Å². The third-order valence-corrected chi connectivity index (χ3v) is 4.18. The second kappa shape index (κ2) is 7.03. The van der Waals surface area contributed by atoms with Crippen LogP contribution in [0.4, 0.5) is 4.79 Å². The lowest BCUT2D eigenvalue weighted by molar-refractivity contribution is 0.0236. The maximum absolute atomic E-state index is 12.6. The maximum atomic E-state index is 12.6. The molecular weight excluding hydrogens is 324 g/mol. The molecule has 0 spiro atoms. The lowest BCUT2D eigenvalue weighted by Crippen LogP contribution is -2.40. The van der Waals surface area contributed by atoms with E-state index < -0.39 is 5.60 Å². The number of aryl methyl sites for hydroxylation is 1. The first-order valence-corrected chi connectivity index (χ1v) is 8.75. The predicted octanol–water partition coefficient (Wildman–Crippen LogP) is 1.50. The molecule has 0 unspecified atom stereocenters. The Morgan fingerprint density at radius 2 is 1.84 bits per heavy atom. The van der Waals surface area contributed by atoms with E-state index >= 15 is 0 Å². The Labute approximate surface area is 147 Å². The number of ether oxygens (including phenoxy) is 2. The molecule has 2 amide bonds. The van der Waals surface area contributed by atoms with E-state index in [1.165, 1.54) is 0 Å². The van der Waals surface area contributed by atoms with Gasteiger partial charge in [0.25, 0.3) is 5.91 Å². The minimum Gasteiger partial charge on any atom is -0.444 e. The number of morpholine rings is 1. The Kier molecular flexibility index (Phi) is 4.99. The number of rotatable bonds is 1. The molecule has 138 valence electrons. The van der Waals surface area contributed by atoms with Gasteiger partial charge in [-0.1, -0.05) is 0 Å². The van der Waals surface area contributed by atoms with E-state index in [0.717, 1.165) is 12.1 Å². The summed E-state index contributed by atoms with van der Waals surface area (Å²) in [7, 11) is 0. The van der Waals surface area contributed by atoms with E-state index in [9.17, 15) is 9.59 Å². The van der Waals surface area contributed by atoms with Gasteiger partial charge in [-0.3, -0.25) is 9.48 Å². The largest absolute Gasteiger partial charge is 0.444 e. The second-order valence-corrected chi connectivity index (χ2v) is 7.40. The lowest BCUT2D eigenvalue weighted by Gasteiger charge is -2.26. The topological polar surface area (TPSA) is 76.9 Å². The van der Waals surface area contributed by atoms with Crippen LogP contribution < -0.4 is 0 Å². The standard InChI is InChI=1S/C17H26N4O4/c1-17(2,3)25-16(23)20-5-4-6-21-13(12-20)11-14(18-21)15(22)19-7-9-24-10-8-19/h11H,4-10,12H2,1-3H3. The van der Waals surface area contributed by atoms with Gasteiger partial charge in [0.15, 0.2) is 5.69 Å². The van der Waals surface area contributed by atoms with E-state index in [-0.39, 0.29) is 12.0 Å². The van der Waals surface area contributed by atoms with Gasteiger partial charge >= 0.3 is 6.09 Å². The molecule has 8 nitrogen and oxygen atoms in total. The molecule has 0 aliphatic carbocycles. The molecule has 8 heteroatoms. The minimum absolute atomic E-state index is 0.0762. The summed E-state index contributed by atoms with van der Waals surface area (Å²) in [6.07, 6.45) is 0.447. The molecule has 1 fully saturated rings. The highest BCUT2D eigenvalue weighted by atomic mass is 16.6. The fourth-order valence-electron chi connectivity index (χ4n) is 2.98. The van der Waals surface area contributed by atoms with Crippen molar-refractivity contribution in [2.75, 3.05) is 32.8 Å². The average molecular weight is 350 g/mol. The molecule has 1 aromatic rings. The molecule has 0 saturated carbocycles. The first-order chi connectivity index (χ1) is 11.8. The summed E-state index contributed by atoms with van der Waals surface area (Å²) < 4.78 is 12.6. The van der Waals surface area contributed by atoms with Crippen LogP contribution in [0.5, 0.6) is 0 Å². The number of carbonyl (C=O) groups is 2. The summed E-state index contributed by atoms with van der Waals surface area (Å²) in [5.74, 6) is -0.0762. The molecule has 0 radical (unpaired) electrons. The van der Waals surface area contributed by atoms with Crippen molar-refractivity contribution in [3.05, 3.63) is 17.5 Å². The maximum Gasteiger partial charge on any atom is 0.410 e. The van der Waals surface area contributed by atoms with Crippen molar-refractivity contribution in [1.29, 1.82) is 0 Å². The Bertz CT molecular complexity index is 644. The van der Waals surface area contributed by atoms with Crippen LogP contribution in [0.15, 0.2) is 6.07 Å². The van der Waals surface area contributed by atoms with Gasteiger partial charge in [-0.05, 0) is 33.3 Å². The van der Waals surface area contributed by atoms with Crippen LogP contribution in [-0.2, 0) is 22.6 Å². The van der Waals surface area contributed by atoms with Crippen LogP contribution in [0, 0.1) is 0 Å². The Balaban J connectivity index is 1.72. The summed E-state index contributed by atoms with van der Waals surface area (Å²) in [5.41, 5.74) is 0.768. The zero-order chi connectivity index (χ0) is 18.0. The highest BCUT2D eigenvalue weighted by Crippen LogP contribution is 2.18. The fraction of sp³-hybridized carbons (Fsp3) is 0.706. The zero-order valence-electron chi connectivity index (χ0n) is 15.2. The number of fused-ring (bicyclic) bond motifs is 1. The van der Waals surface area contributed by atoms with Crippen molar-refractivity contribution in [3.63, 3.8) is 0 Å². The van der Waals surface area contributed by atoms with Gasteiger partial charge in [0.2, 0.25) is 0 Å². The van der Waals surface area contributed by atoms with Gasteiger partial charge in [0.1, 0.15) is 5.60 Å². The lowest BCUT2D eigenvalue weighted by atomic mass is 10.2. The van der Waals surface area contributed by atoms with Gasteiger partial charge in [-0.25, -0.2) is 4.79 Å². The number of aromatic nitrogens is 2. The van der Waals surface area contributed by atoms with Gasteiger partial charge in [-0.2, -0.15) is 5.10 Å². The summed E-state index contributed by atoms with van der Waals surface area (Å²) in [5, 5.41) is 4.46. The quantitative estimate of drug-likeness (QED) is 0.767. The third kappa shape index (κ3) is 4.31. The van der Waals surface area contributed by atoms with Crippen molar-refractivity contribution >= 4 is 12.0 Å². The summed E-state index contributed by atoms with van der Waals surface area (Å²) >= 11 is 0. The molecule has 3 rings (SSSR count). The van der Waals surface area contributed by atoms with Crippen molar-refractivity contribution in [3.8, 4) is 0 Å². The van der Waals surface area contributed by atoms with Crippen LogP contribution in [0.25, 0.3) is 0 Å². The zero-order valence-corrected chi connectivity index (χ0v) is 15.2. The number of hydrogen-bond donors (Lipinski definition) is 0. The van der Waals surface area contributed by atoms with Crippen LogP contribution in [-0.4, -0.2) is 70.0 Å². The molecule has 2 aliphatic heterocycles. The van der Waals surface area contributed by atoms with Crippen molar-refractivity contribution in [2.24, 2.45) is 0 Å². The highest BCUT2D eigenvalue weighted by Gasteiger charge is 2.27. The van der Waals surface area contributed by atoms with Crippen LogP contribution in [0.2, 0.25) is 0 Å². The predicted molar refractivity (Wildman–Crippen MR) is 90.2 cm³/mol. The highest BCUT2D eigenvalue weighted by molar-refractivity contribution is 5.92. The smallest absolute Gasteiger partial charge is 0.410 e. The SMILES string of the molecule is CC(C)(C)OC(=O)N1CCCn2nc(C(=O)N3CCOCC3)cc2C1. The van der Waals surface area contributed by atoms with E-state index in [1.807, 2.05) is 25.5 Å². The van der Waals surface area contributed by atoms with Crippen LogP contribution >= 0.6 is 0 Å². The van der Waals surface area contributed by atoms with Crippen molar-refractivity contribution in [2.45, 2.75) is 45.9 Å². The van der Waals surface area contributed by atoms with E-state index in [4.69, 9.17) is 9.47 Å². The molecule has 0 atom stereocenters. The molecule has 25 heavy (non-hydrogen) atoms. The first-order valence-electron chi connectivity index (χ1n) is 8.75. The Morgan fingerprint density at radius 1 is 1.12 bits per heavy atom. The van der Waals surface area contributed by atoms with Crippen LogP contribution in [0.1, 0.15) is 43.4 Å². The summed E-state index contributed by atoms with van der Waals surface area (Å²) in [6, 6.07) is 1.79. The number of carbonyl (C=O) groups excluding carboxylic acids is 2. The molecule has 0 N–H and O–H groups in total. The van der Waals surface area contributed by atoms with Crippen molar-refractivity contribution in [1.82, 2.24) is 19.6 Å². The third-order valence-electron chi connectivity index (χ3n) is 4.18. The molecule has 3 heterocycles. The molecule has 2 aliphatic rings. The normalized spacial score (nSPS) is 18.5. The molecule has 1 aromatic heterocycles. The van der Waals surface area contributed by atoms with E-state index in [0.29, 0.717) is 51.6 Å².